The number of hydrogen-bond donors (Lipinski definition) is 2. The number of benzene rings is 1. The van der Waals surface area contributed by atoms with Crippen LogP contribution in [0.15, 0.2) is 24.3 Å². The van der Waals surface area contributed by atoms with Crippen LogP contribution >= 0.6 is 0 Å². The van der Waals surface area contributed by atoms with Gasteiger partial charge in [-0.2, -0.15) is 0 Å². The number of anilines is 1. The summed E-state index contributed by atoms with van der Waals surface area (Å²) in [5.41, 5.74) is 0.997. The number of rotatable bonds is 4. The minimum Gasteiger partial charge on any atom is -0.478 e. The lowest BCUT2D eigenvalue weighted by Crippen LogP contribution is -2.38. The summed E-state index contributed by atoms with van der Waals surface area (Å²) < 4.78 is 5.47. The lowest BCUT2D eigenvalue weighted by atomic mass is 9.92. The second-order valence-corrected chi connectivity index (χ2v) is 4.66. The first-order valence-electron chi connectivity index (χ1n) is 6.34. The molecule has 1 saturated carbocycles. The average Bonchev–Trinajstić information content (AvgIpc) is 2.40. The van der Waals surface area contributed by atoms with Crippen LogP contribution in [0.2, 0.25) is 0 Å². The molecule has 0 spiro atoms. The van der Waals surface area contributed by atoms with Crippen molar-refractivity contribution in [3.05, 3.63) is 29.8 Å². The normalized spacial score (nSPS) is 23.6. The topological polar surface area (TPSA) is 58.6 Å². The molecule has 0 heterocycles. The molecule has 18 heavy (non-hydrogen) atoms. The van der Waals surface area contributed by atoms with Gasteiger partial charge in [-0.15, -0.1) is 0 Å². The second-order valence-electron chi connectivity index (χ2n) is 4.66. The molecule has 1 aromatic carbocycles. The second kappa shape index (κ2) is 5.87. The van der Waals surface area contributed by atoms with E-state index in [9.17, 15) is 4.79 Å². The Morgan fingerprint density at radius 2 is 2.06 bits per heavy atom. The molecule has 2 N–H and O–H groups in total. The van der Waals surface area contributed by atoms with Gasteiger partial charge in [0.15, 0.2) is 0 Å². The largest absolute Gasteiger partial charge is 0.478 e. The smallest absolute Gasteiger partial charge is 0.337 e. The molecular weight excluding hydrogens is 230 g/mol. The van der Waals surface area contributed by atoms with E-state index in [-0.39, 0.29) is 12.1 Å². The standard InChI is InChI=1S/C14H19NO3/c1-18-13-9-5-4-8-12(13)15-11-7-3-2-6-10(11)14(16)17/h2-3,6-7,12-13,15H,4-5,8-9H2,1H3,(H,16,17). The predicted octanol–water partition coefficient (Wildman–Crippen LogP) is 2.75. The molecule has 1 aliphatic rings. The van der Waals surface area contributed by atoms with Crippen LogP contribution in [0, 0.1) is 0 Å². The maximum atomic E-state index is 11.1. The molecule has 98 valence electrons. The van der Waals surface area contributed by atoms with E-state index >= 15 is 0 Å². The van der Waals surface area contributed by atoms with Crippen LogP contribution in [0.25, 0.3) is 0 Å². The van der Waals surface area contributed by atoms with Crippen LogP contribution in [0.4, 0.5) is 5.69 Å². The molecule has 4 nitrogen and oxygen atoms in total. The summed E-state index contributed by atoms with van der Waals surface area (Å²) in [6.45, 7) is 0. The summed E-state index contributed by atoms with van der Waals surface area (Å²) in [4.78, 5) is 11.1. The number of carboxylic acids is 1. The Morgan fingerprint density at radius 3 is 2.78 bits per heavy atom. The SMILES string of the molecule is COC1CCCCC1Nc1ccccc1C(=O)O. The monoisotopic (exact) mass is 249 g/mol. The fourth-order valence-corrected chi connectivity index (χ4v) is 2.54. The third-order valence-corrected chi connectivity index (χ3v) is 3.50. The molecule has 2 rings (SSSR count). The highest BCUT2D eigenvalue weighted by atomic mass is 16.5. The van der Waals surface area contributed by atoms with Gasteiger partial charge in [-0.05, 0) is 25.0 Å². The molecule has 0 bridgehead atoms. The maximum Gasteiger partial charge on any atom is 0.337 e. The Morgan fingerprint density at radius 1 is 1.33 bits per heavy atom. The van der Waals surface area contributed by atoms with Crippen molar-refractivity contribution >= 4 is 11.7 Å². The van der Waals surface area contributed by atoms with Gasteiger partial charge in [0.1, 0.15) is 0 Å². The number of carboxylic acid groups (broad SMARTS) is 1. The van der Waals surface area contributed by atoms with Crippen LogP contribution in [0.1, 0.15) is 36.0 Å². The van der Waals surface area contributed by atoms with Crippen molar-refractivity contribution in [2.75, 3.05) is 12.4 Å². The van der Waals surface area contributed by atoms with Gasteiger partial charge in [0.05, 0.1) is 17.7 Å². The molecule has 0 aliphatic heterocycles. The van der Waals surface area contributed by atoms with Gasteiger partial charge >= 0.3 is 5.97 Å². The third-order valence-electron chi connectivity index (χ3n) is 3.50. The maximum absolute atomic E-state index is 11.1. The summed E-state index contributed by atoms with van der Waals surface area (Å²) in [5.74, 6) is -0.900. The van der Waals surface area contributed by atoms with Crippen LogP contribution in [-0.4, -0.2) is 30.3 Å². The molecule has 0 saturated heterocycles. The lowest BCUT2D eigenvalue weighted by molar-refractivity contribution is 0.0603. The van der Waals surface area contributed by atoms with Crippen molar-refractivity contribution in [1.82, 2.24) is 0 Å². The molecule has 2 atom stereocenters. The van der Waals surface area contributed by atoms with Crippen molar-refractivity contribution < 1.29 is 14.6 Å². The van der Waals surface area contributed by atoms with E-state index in [1.54, 1.807) is 19.2 Å². The predicted molar refractivity (Wildman–Crippen MR) is 70.1 cm³/mol. The fourth-order valence-electron chi connectivity index (χ4n) is 2.54. The Balaban J connectivity index is 2.15. The van der Waals surface area contributed by atoms with Crippen LogP contribution in [0.3, 0.4) is 0 Å². The van der Waals surface area contributed by atoms with E-state index in [2.05, 4.69) is 5.32 Å². The number of nitrogens with one attached hydrogen (secondary N) is 1. The quantitative estimate of drug-likeness (QED) is 0.861. The highest BCUT2D eigenvalue weighted by Crippen LogP contribution is 2.25. The molecule has 1 fully saturated rings. The van der Waals surface area contributed by atoms with Gasteiger partial charge < -0.3 is 15.2 Å². The van der Waals surface area contributed by atoms with E-state index in [0.717, 1.165) is 19.3 Å². The van der Waals surface area contributed by atoms with Crippen molar-refractivity contribution in [3.63, 3.8) is 0 Å². The summed E-state index contributed by atoms with van der Waals surface area (Å²) in [7, 11) is 1.72. The molecule has 1 aromatic rings. The van der Waals surface area contributed by atoms with Gasteiger partial charge in [-0.1, -0.05) is 25.0 Å². The van der Waals surface area contributed by atoms with Crippen molar-refractivity contribution in [2.24, 2.45) is 0 Å². The number of carbonyl (C=O) groups is 1. The van der Waals surface area contributed by atoms with Crippen LogP contribution in [0.5, 0.6) is 0 Å². The van der Waals surface area contributed by atoms with Crippen LogP contribution in [-0.2, 0) is 4.74 Å². The third kappa shape index (κ3) is 2.82. The molecule has 4 heteroatoms. The summed E-state index contributed by atoms with van der Waals surface area (Å²) in [6.07, 6.45) is 4.56. The van der Waals surface area contributed by atoms with E-state index in [4.69, 9.17) is 9.84 Å². The minimum absolute atomic E-state index is 0.167. The number of para-hydroxylation sites is 1. The Kier molecular flexibility index (Phi) is 4.20. The molecule has 1 aliphatic carbocycles. The van der Waals surface area contributed by atoms with E-state index < -0.39 is 5.97 Å². The first kappa shape index (κ1) is 12.9. The molecule has 0 amide bonds. The van der Waals surface area contributed by atoms with Gasteiger partial charge in [-0.25, -0.2) is 4.79 Å². The Labute approximate surface area is 107 Å². The first-order valence-corrected chi connectivity index (χ1v) is 6.34. The zero-order valence-corrected chi connectivity index (χ0v) is 10.6. The number of aromatic carboxylic acids is 1. The molecular formula is C14H19NO3. The van der Waals surface area contributed by atoms with E-state index in [1.807, 2.05) is 12.1 Å². The highest BCUT2D eigenvalue weighted by Gasteiger charge is 2.25. The van der Waals surface area contributed by atoms with E-state index in [0.29, 0.717) is 11.3 Å². The summed E-state index contributed by atoms with van der Waals surface area (Å²) >= 11 is 0. The average molecular weight is 249 g/mol. The van der Waals surface area contributed by atoms with Crippen LogP contribution < -0.4 is 5.32 Å². The molecule has 2 unspecified atom stereocenters. The fraction of sp³-hybridized carbons (Fsp3) is 0.500. The molecule has 0 aromatic heterocycles. The molecule has 0 radical (unpaired) electrons. The number of methoxy groups -OCH3 is 1. The van der Waals surface area contributed by atoms with Crippen molar-refractivity contribution in [2.45, 2.75) is 37.8 Å². The highest BCUT2D eigenvalue weighted by molar-refractivity contribution is 5.94. The lowest BCUT2D eigenvalue weighted by Gasteiger charge is -2.32. The van der Waals surface area contributed by atoms with Crippen molar-refractivity contribution in [1.29, 1.82) is 0 Å². The van der Waals surface area contributed by atoms with Gasteiger partial charge in [0, 0.05) is 12.8 Å². The first-order chi connectivity index (χ1) is 8.72. The zero-order chi connectivity index (χ0) is 13.0. The summed E-state index contributed by atoms with van der Waals surface area (Å²) in [5, 5.41) is 12.5. The van der Waals surface area contributed by atoms with Gasteiger partial charge in [-0.3, -0.25) is 0 Å². The van der Waals surface area contributed by atoms with Gasteiger partial charge in [0.2, 0.25) is 0 Å². The zero-order valence-electron chi connectivity index (χ0n) is 10.6. The number of hydrogen-bond acceptors (Lipinski definition) is 3. The number of ether oxygens (including phenoxy) is 1. The summed E-state index contributed by atoms with van der Waals surface area (Å²) in [6, 6.07) is 7.22. The minimum atomic E-state index is -0.900. The Hall–Kier alpha value is -1.55. The van der Waals surface area contributed by atoms with Crippen molar-refractivity contribution in [3.8, 4) is 0 Å². The Bertz CT molecular complexity index is 419. The van der Waals surface area contributed by atoms with Gasteiger partial charge in [0.25, 0.3) is 0 Å². The van der Waals surface area contributed by atoms with E-state index in [1.165, 1.54) is 6.42 Å².